The standard InChI is InChI=1S/C24H28N4O5S/c1-32-22-12-7-18(16-23(22)33-2)17-28(21-6-3-4-13-25-24(21)29)34(30,31)20-10-8-19(9-11-20)27-15-5-14-26-27/h5,7-12,14-16,21H,3-4,6,13,17H2,1-2H3,(H,25,29). The highest BCUT2D eigenvalue weighted by Crippen LogP contribution is 2.31. The number of hydrogen-bond acceptors (Lipinski definition) is 6. The second-order valence-electron chi connectivity index (χ2n) is 7.99. The molecule has 1 atom stereocenters. The van der Waals surface area contributed by atoms with E-state index in [4.69, 9.17) is 9.47 Å². The zero-order chi connectivity index (χ0) is 24.1. The van der Waals surface area contributed by atoms with Gasteiger partial charge < -0.3 is 14.8 Å². The topological polar surface area (TPSA) is 103 Å². The summed E-state index contributed by atoms with van der Waals surface area (Å²) < 4.78 is 41.3. The molecule has 0 saturated carbocycles. The van der Waals surface area contributed by atoms with Crippen molar-refractivity contribution in [2.75, 3.05) is 20.8 Å². The molecule has 1 N–H and O–H groups in total. The zero-order valence-corrected chi connectivity index (χ0v) is 20.0. The summed E-state index contributed by atoms with van der Waals surface area (Å²) in [6.07, 6.45) is 5.44. The highest BCUT2D eigenvalue weighted by Gasteiger charge is 2.36. The molecule has 0 radical (unpaired) electrons. The van der Waals surface area contributed by atoms with Gasteiger partial charge in [-0.3, -0.25) is 4.79 Å². The van der Waals surface area contributed by atoms with E-state index >= 15 is 0 Å². The Morgan fingerprint density at radius 2 is 1.85 bits per heavy atom. The molecule has 1 unspecified atom stereocenters. The van der Waals surface area contributed by atoms with E-state index in [-0.39, 0.29) is 17.3 Å². The third-order valence-electron chi connectivity index (χ3n) is 5.85. The Morgan fingerprint density at radius 1 is 1.09 bits per heavy atom. The van der Waals surface area contributed by atoms with Crippen molar-refractivity contribution in [2.24, 2.45) is 0 Å². The number of benzene rings is 2. The molecule has 1 amide bonds. The number of carbonyl (C=O) groups excluding carboxylic acids is 1. The van der Waals surface area contributed by atoms with Crippen molar-refractivity contribution in [3.63, 3.8) is 0 Å². The number of carbonyl (C=O) groups is 1. The summed E-state index contributed by atoms with van der Waals surface area (Å²) in [6, 6.07) is 12.7. The van der Waals surface area contributed by atoms with Crippen LogP contribution in [0.4, 0.5) is 0 Å². The van der Waals surface area contributed by atoms with Gasteiger partial charge in [0.25, 0.3) is 0 Å². The molecule has 180 valence electrons. The number of sulfonamides is 1. The first-order valence-electron chi connectivity index (χ1n) is 11.0. The number of amides is 1. The highest BCUT2D eigenvalue weighted by molar-refractivity contribution is 7.89. The molecule has 1 aliphatic rings. The Balaban J connectivity index is 1.71. The van der Waals surface area contributed by atoms with Crippen LogP contribution in [0.25, 0.3) is 5.69 Å². The van der Waals surface area contributed by atoms with Crippen molar-refractivity contribution >= 4 is 15.9 Å². The molecule has 0 bridgehead atoms. The van der Waals surface area contributed by atoms with Crippen molar-refractivity contribution in [3.8, 4) is 17.2 Å². The van der Waals surface area contributed by atoms with Gasteiger partial charge in [0.15, 0.2) is 11.5 Å². The molecule has 1 aliphatic heterocycles. The van der Waals surface area contributed by atoms with Crippen molar-refractivity contribution < 1.29 is 22.7 Å². The van der Waals surface area contributed by atoms with Crippen LogP contribution in [0.5, 0.6) is 11.5 Å². The number of rotatable bonds is 8. The van der Waals surface area contributed by atoms with Crippen LogP contribution in [0.15, 0.2) is 65.8 Å². The average molecular weight is 485 g/mol. The number of aromatic nitrogens is 2. The molecule has 10 heteroatoms. The van der Waals surface area contributed by atoms with Crippen LogP contribution in [0.3, 0.4) is 0 Å². The average Bonchev–Trinajstić information content (AvgIpc) is 3.31. The predicted molar refractivity (Wildman–Crippen MR) is 126 cm³/mol. The van der Waals surface area contributed by atoms with Gasteiger partial charge in [-0.1, -0.05) is 6.07 Å². The van der Waals surface area contributed by atoms with E-state index in [2.05, 4.69) is 10.4 Å². The van der Waals surface area contributed by atoms with Gasteiger partial charge in [0.1, 0.15) is 6.04 Å². The first-order valence-corrected chi connectivity index (χ1v) is 12.5. The van der Waals surface area contributed by atoms with Crippen molar-refractivity contribution in [1.29, 1.82) is 0 Å². The SMILES string of the molecule is COc1ccc(CN(C2CCCCNC2=O)S(=O)(=O)c2ccc(-n3cccn3)cc2)cc1OC. The quantitative estimate of drug-likeness (QED) is 0.528. The van der Waals surface area contributed by atoms with Crippen LogP contribution in [0, 0.1) is 0 Å². The van der Waals surface area contributed by atoms with Crippen molar-refractivity contribution in [3.05, 3.63) is 66.5 Å². The van der Waals surface area contributed by atoms with Crippen LogP contribution in [-0.4, -0.2) is 55.2 Å². The third-order valence-corrected chi connectivity index (χ3v) is 7.72. The number of nitrogens with one attached hydrogen (secondary N) is 1. The lowest BCUT2D eigenvalue weighted by Crippen LogP contribution is -2.48. The maximum atomic E-state index is 13.8. The Hall–Kier alpha value is -3.37. The number of ether oxygens (including phenoxy) is 2. The van der Waals surface area contributed by atoms with Crippen molar-refractivity contribution in [2.45, 2.75) is 36.7 Å². The van der Waals surface area contributed by atoms with Gasteiger partial charge in [-0.05, 0) is 67.3 Å². The minimum atomic E-state index is -4.00. The molecule has 34 heavy (non-hydrogen) atoms. The fourth-order valence-corrected chi connectivity index (χ4v) is 5.65. The Bertz CT molecular complexity index is 1230. The molecule has 2 heterocycles. The molecule has 1 aromatic heterocycles. The maximum Gasteiger partial charge on any atom is 0.244 e. The lowest BCUT2D eigenvalue weighted by atomic mass is 10.1. The maximum absolute atomic E-state index is 13.8. The van der Waals surface area contributed by atoms with Gasteiger partial charge in [0, 0.05) is 25.5 Å². The molecule has 9 nitrogen and oxygen atoms in total. The van der Waals surface area contributed by atoms with Gasteiger partial charge in [0.05, 0.1) is 24.8 Å². The van der Waals surface area contributed by atoms with Gasteiger partial charge in [-0.2, -0.15) is 9.40 Å². The summed E-state index contributed by atoms with van der Waals surface area (Å²) in [7, 11) is -0.935. The largest absolute Gasteiger partial charge is 0.493 e. The molecule has 4 rings (SSSR count). The van der Waals surface area contributed by atoms with Gasteiger partial charge in [0.2, 0.25) is 15.9 Å². The highest BCUT2D eigenvalue weighted by atomic mass is 32.2. The molecular weight excluding hydrogens is 456 g/mol. The Morgan fingerprint density at radius 3 is 2.53 bits per heavy atom. The number of methoxy groups -OCH3 is 2. The van der Waals surface area contributed by atoms with Crippen LogP contribution in [0.2, 0.25) is 0 Å². The molecular formula is C24H28N4O5S. The lowest BCUT2D eigenvalue weighted by Gasteiger charge is -2.29. The zero-order valence-electron chi connectivity index (χ0n) is 19.2. The Labute approximate surface area is 199 Å². The summed E-state index contributed by atoms with van der Waals surface area (Å²) in [5, 5.41) is 7.03. The molecule has 3 aromatic rings. The van der Waals surface area contributed by atoms with Gasteiger partial charge in [-0.15, -0.1) is 0 Å². The second kappa shape index (κ2) is 10.3. The summed E-state index contributed by atoms with van der Waals surface area (Å²) in [5.41, 5.74) is 1.43. The summed E-state index contributed by atoms with van der Waals surface area (Å²) >= 11 is 0. The van der Waals surface area contributed by atoms with Gasteiger partial charge in [-0.25, -0.2) is 13.1 Å². The first-order chi connectivity index (χ1) is 16.4. The number of hydrogen-bond donors (Lipinski definition) is 1. The van der Waals surface area contributed by atoms with E-state index in [1.807, 2.05) is 0 Å². The summed E-state index contributed by atoms with van der Waals surface area (Å²) in [6.45, 7) is 0.555. The van der Waals surface area contributed by atoms with E-state index in [0.29, 0.717) is 30.0 Å². The summed E-state index contributed by atoms with van der Waals surface area (Å²) in [4.78, 5) is 13.0. The molecule has 0 spiro atoms. The summed E-state index contributed by atoms with van der Waals surface area (Å²) in [5.74, 6) is 0.753. The van der Waals surface area contributed by atoms with E-state index < -0.39 is 16.1 Å². The number of nitrogens with zero attached hydrogens (tertiary/aromatic N) is 3. The monoisotopic (exact) mass is 484 g/mol. The van der Waals surface area contributed by atoms with Crippen molar-refractivity contribution in [1.82, 2.24) is 19.4 Å². The van der Waals surface area contributed by atoms with E-state index in [0.717, 1.165) is 18.5 Å². The predicted octanol–water partition coefficient (Wildman–Crippen LogP) is 2.75. The van der Waals surface area contributed by atoms with Crippen LogP contribution in [0.1, 0.15) is 24.8 Å². The second-order valence-corrected chi connectivity index (χ2v) is 9.88. The molecule has 2 aromatic carbocycles. The normalized spacial score (nSPS) is 16.7. The van der Waals surface area contributed by atoms with Gasteiger partial charge >= 0.3 is 0 Å². The Kier molecular flexibility index (Phi) is 7.18. The lowest BCUT2D eigenvalue weighted by molar-refractivity contribution is -0.124. The fourth-order valence-electron chi connectivity index (χ4n) is 4.05. The van der Waals surface area contributed by atoms with E-state index in [1.165, 1.54) is 18.5 Å². The van der Waals surface area contributed by atoms with Crippen LogP contribution >= 0.6 is 0 Å². The van der Waals surface area contributed by atoms with Crippen LogP contribution < -0.4 is 14.8 Å². The smallest absolute Gasteiger partial charge is 0.244 e. The first kappa shape index (κ1) is 23.8. The molecule has 1 saturated heterocycles. The third kappa shape index (κ3) is 4.92. The van der Waals surface area contributed by atoms with E-state index in [1.54, 1.807) is 65.6 Å². The fraction of sp³-hybridized carbons (Fsp3) is 0.333. The minimum Gasteiger partial charge on any atom is -0.493 e. The molecule has 0 aliphatic carbocycles. The van der Waals surface area contributed by atoms with E-state index in [9.17, 15) is 13.2 Å². The molecule has 1 fully saturated rings. The van der Waals surface area contributed by atoms with Crippen LogP contribution in [-0.2, 0) is 21.4 Å². The minimum absolute atomic E-state index is 0.0156.